The number of carboxylic acids is 1. The van der Waals surface area contributed by atoms with Gasteiger partial charge in [-0.2, -0.15) is 0 Å². The second-order valence-electron chi connectivity index (χ2n) is 4.86. The summed E-state index contributed by atoms with van der Waals surface area (Å²) in [5.74, 6) is 0.166. The molecule has 0 saturated heterocycles. The maximum absolute atomic E-state index is 11.9. The van der Waals surface area contributed by atoms with E-state index in [0.29, 0.717) is 23.7 Å². The van der Waals surface area contributed by atoms with E-state index in [2.05, 4.69) is 5.32 Å². The summed E-state index contributed by atoms with van der Waals surface area (Å²) in [6, 6.07) is 4.54. The number of carboxylic acid groups (broad SMARTS) is 1. The molecule has 0 saturated carbocycles. The summed E-state index contributed by atoms with van der Waals surface area (Å²) in [7, 11) is 1.67. The van der Waals surface area contributed by atoms with Crippen LogP contribution in [0.2, 0.25) is 0 Å². The van der Waals surface area contributed by atoms with Crippen LogP contribution in [0.4, 0.5) is 5.69 Å². The largest absolute Gasteiger partial charge is 0.480 e. The summed E-state index contributed by atoms with van der Waals surface area (Å²) in [6.07, 6.45) is 0.211. The highest BCUT2D eigenvalue weighted by molar-refractivity contribution is 5.91. The Kier molecular flexibility index (Phi) is 6.45. The Labute approximate surface area is 134 Å². The van der Waals surface area contributed by atoms with E-state index in [1.165, 1.54) is 0 Å². The first-order valence-corrected chi connectivity index (χ1v) is 6.60. The van der Waals surface area contributed by atoms with Crippen molar-refractivity contribution in [2.45, 2.75) is 19.4 Å². The van der Waals surface area contributed by atoms with Gasteiger partial charge in [0, 0.05) is 24.7 Å². The predicted octanol–water partition coefficient (Wildman–Crippen LogP) is 1.57. The topological polar surface area (TPSA) is 88.1 Å². The molecule has 7 nitrogen and oxygen atoms in total. The van der Waals surface area contributed by atoms with Crippen LogP contribution < -0.4 is 14.8 Å². The van der Waals surface area contributed by atoms with Crippen molar-refractivity contribution in [3.63, 3.8) is 0 Å². The summed E-state index contributed by atoms with van der Waals surface area (Å²) in [5, 5.41) is 11.6. The zero-order chi connectivity index (χ0) is 15.4. The lowest BCUT2D eigenvalue weighted by Crippen LogP contribution is -2.37. The van der Waals surface area contributed by atoms with Gasteiger partial charge in [-0.15, -0.1) is 12.4 Å². The lowest BCUT2D eigenvalue weighted by atomic mass is 10.2. The Morgan fingerprint density at radius 3 is 2.73 bits per heavy atom. The molecule has 1 heterocycles. The molecule has 0 spiro atoms. The van der Waals surface area contributed by atoms with Gasteiger partial charge in [0.1, 0.15) is 6.04 Å². The van der Waals surface area contributed by atoms with Crippen LogP contribution in [0.15, 0.2) is 18.2 Å². The molecule has 0 aromatic heterocycles. The third-order valence-corrected chi connectivity index (χ3v) is 3.37. The van der Waals surface area contributed by atoms with Gasteiger partial charge in [-0.25, -0.2) is 0 Å². The van der Waals surface area contributed by atoms with Crippen molar-refractivity contribution in [1.82, 2.24) is 4.90 Å². The predicted molar refractivity (Wildman–Crippen MR) is 82.8 cm³/mol. The fourth-order valence-corrected chi connectivity index (χ4v) is 1.86. The Hall–Kier alpha value is -1.99. The molecule has 1 aromatic carbocycles. The highest BCUT2D eigenvalue weighted by Gasteiger charge is 2.18. The molecule has 1 unspecified atom stereocenters. The minimum Gasteiger partial charge on any atom is -0.480 e. The first-order valence-electron chi connectivity index (χ1n) is 6.60. The fraction of sp³-hybridized carbons (Fsp3) is 0.429. The van der Waals surface area contributed by atoms with Crippen LogP contribution >= 0.6 is 12.4 Å². The Morgan fingerprint density at radius 1 is 1.36 bits per heavy atom. The third-order valence-electron chi connectivity index (χ3n) is 3.37. The van der Waals surface area contributed by atoms with E-state index in [9.17, 15) is 9.59 Å². The zero-order valence-corrected chi connectivity index (χ0v) is 13.2. The molecule has 8 heteroatoms. The van der Waals surface area contributed by atoms with Crippen molar-refractivity contribution in [1.29, 1.82) is 0 Å². The number of fused-ring (bicyclic) bond motifs is 1. The van der Waals surface area contributed by atoms with Crippen LogP contribution in [0.1, 0.15) is 13.3 Å². The van der Waals surface area contributed by atoms with Crippen LogP contribution in [0, 0.1) is 0 Å². The van der Waals surface area contributed by atoms with Gasteiger partial charge in [-0.3, -0.25) is 14.5 Å². The van der Waals surface area contributed by atoms with Crippen molar-refractivity contribution in [2.24, 2.45) is 0 Å². The van der Waals surface area contributed by atoms with Crippen molar-refractivity contribution in [2.75, 3.05) is 25.7 Å². The Morgan fingerprint density at radius 2 is 2.05 bits per heavy atom. The van der Waals surface area contributed by atoms with Gasteiger partial charge >= 0.3 is 5.97 Å². The second-order valence-corrected chi connectivity index (χ2v) is 4.86. The normalized spacial score (nSPS) is 13.4. The van der Waals surface area contributed by atoms with E-state index in [1.807, 2.05) is 0 Å². The van der Waals surface area contributed by atoms with E-state index >= 15 is 0 Å². The number of nitrogens with one attached hydrogen (secondary N) is 1. The SMILES string of the molecule is CC(C(=O)O)N(C)CCC(=O)Nc1ccc2c(c1)OCO2.Cl. The molecule has 1 aliphatic rings. The molecule has 1 aliphatic heterocycles. The first-order chi connectivity index (χ1) is 9.97. The monoisotopic (exact) mass is 330 g/mol. The highest BCUT2D eigenvalue weighted by atomic mass is 35.5. The summed E-state index contributed by atoms with van der Waals surface area (Å²) in [5.41, 5.74) is 0.623. The molecule has 2 N–H and O–H groups in total. The van der Waals surface area contributed by atoms with E-state index in [0.717, 1.165) is 0 Å². The van der Waals surface area contributed by atoms with Gasteiger partial charge in [0.25, 0.3) is 0 Å². The third kappa shape index (κ3) is 4.51. The van der Waals surface area contributed by atoms with Gasteiger partial charge in [0.2, 0.25) is 12.7 Å². The van der Waals surface area contributed by atoms with E-state index in [-0.39, 0.29) is 31.5 Å². The molecular formula is C14H19ClN2O5. The molecule has 1 atom stereocenters. The number of benzene rings is 1. The molecule has 0 fully saturated rings. The van der Waals surface area contributed by atoms with Crippen molar-refractivity contribution >= 4 is 30.0 Å². The number of aliphatic carboxylic acids is 1. The van der Waals surface area contributed by atoms with E-state index < -0.39 is 12.0 Å². The van der Waals surface area contributed by atoms with Crippen LogP contribution in [0.25, 0.3) is 0 Å². The molecule has 2 rings (SSSR count). The average Bonchev–Trinajstić information content (AvgIpc) is 2.91. The molecule has 122 valence electrons. The number of anilines is 1. The standard InChI is InChI=1S/C14H18N2O5.ClH/c1-9(14(18)19)16(2)6-5-13(17)15-10-3-4-11-12(7-10)21-8-20-11;/h3-4,7,9H,5-6,8H2,1-2H3,(H,15,17)(H,18,19);1H. The molecular weight excluding hydrogens is 312 g/mol. The number of likely N-dealkylation sites (N-methyl/N-ethyl adjacent to an activating group) is 1. The zero-order valence-electron chi connectivity index (χ0n) is 12.4. The molecule has 1 aromatic rings. The maximum atomic E-state index is 11.9. The maximum Gasteiger partial charge on any atom is 0.320 e. The van der Waals surface area contributed by atoms with Gasteiger partial charge < -0.3 is 19.9 Å². The number of carbonyl (C=O) groups excluding carboxylic acids is 1. The summed E-state index contributed by atoms with van der Waals surface area (Å²) >= 11 is 0. The van der Waals surface area contributed by atoms with Gasteiger partial charge in [0.05, 0.1) is 0 Å². The quantitative estimate of drug-likeness (QED) is 0.823. The highest BCUT2D eigenvalue weighted by Crippen LogP contribution is 2.34. The minimum atomic E-state index is -0.909. The fourth-order valence-electron chi connectivity index (χ4n) is 1.86. The second kappa shape index (κ2) is 7.86. The van der Waals surface area contributed by atoms with Crippen LogP contribution in [-0.4, -0.2) is 48.3 Å². The first kappa shape index (κ1) is 18.1. The lowest BCUT2D eigenvalue weighted by molar-refractivity contribution is -0.142. The van der Waals surface area contributed by atoms with Crippen LogP contribution in [0.3, 0.4) is 0 Å². The number of rotatable bonds is 6. The van der Waals surface area contributed by atoms with Gasteiger partial charge in [-0.1, -0.05) is 0 Å². The number of ether oxygens (including phenoxy) is 2. The van der Waals surface area contributed by atoms with E-state index in [1.54, 1.807) is 37.1 Å². The molecule has 0 radical (unpaired) electrons. The molecule has 22 heavy (non-hydrogen) atoms. The summed E-state index contributed by atoms with van der Waals surface area (Å²) in [4.78, 5) is 24.3. The Balaban J connectivity index is 0.00000242. The number of hydrogen-bond donors (Lipinski definition) is 2. The van der Waals surface area contributed by atoms with Crippen molar-refractivity contribution in [3.05, 3.63) is 18.2 Å². The molecule has 0 bridgehead atoms. The average molecular weight is 331 g/mol. The number of amides is 1. The number of halogens is 1. The minimum absolute atomic E-state index is 0. The van der Waals surface area contributed by atoms with Crippen LogP contribution in [-0.2, 0) is 9.59 Å². The summed E-state index contributed by atoms with van der Waals surface area (Å²) < 4.78 is 10.4. The lowest BCUT2D eigenvalue weighted by Gasteiger charge is -2.20. The number of nitrogens with zero attached hydrogens (tertiary/aromatic N) is 1. The molecule has 0 aliphatic carbocycles. The number of hydrogen-bond acceptors (Lipinski definition) is 5. The smallest absolute Gasteiger partial charge is 0.320 e. The van der Waals surface area contributed by atoms with Gasteiger partial charge in [-0.05, 0) is 26.1 Å². The molecule has 1 amide bonds. The van der Waals surface area contributed by atoms with Gasteiger partial charge in [0.15, 0.2) is 11.5 Å². The van der Waals surface area contributed by atoms with Crippen molar-refractivity contribution < 1.29 is 24.2 Å². The van der Waals surface area contributed by atoms with Crippen LogP contribution in [0.5, 0.6) is 11.5 Å². The number of carbonyl (C=O) groups is 2. The van der Waals surface area contributed by atoms with Crippen molar-refractivity contribution in [3.8, 4) is 11.5 Å². The summed E-state index contributed by atoms with van der Waals surface area (Å²) in [6.45, 7) is 2.13. The van der Waals surface area contributed by atoms with E-state index in [4.69, 9.17) is 14.6 Å². The Bertz CT molecular complexity index is 552.